The van der Waals surface area contributed by atoms with Gasteiger partial charge in [-0.05, 0) is 36.4 Å². The number of nitrogens with one attached hydrogen (secondary N) is 1. The molecule has 27 heavy (non-hydrogen) atoms. The average Bonchev–Trinajstić information content (AvgIpc) is 3.28. The van der Waals surface area contributed by atoms with E-state index in [0.29, 0.717) is 11.5 Å². The summed E-state index contributed by atoms with van der Waals surface area (Å²) in [5, 5.41) is 2.44. The number of hydrogen-bond acceptors (Lipinski definition) is 4. The average molecular weight is 380 g/mol. The number of urea groups is 1. The van der Waals surface area contributed by atoms with Crippen LogP contribution in [0.4, 0.5) is 23.7 Å². The standard InChI is InChI=1S/C18H15F3N2O4/c19-18(20,21)27-16-8-2-1-7-15(16)22-17(24)23(11-13-5-3-9-25-13)12-14-6-4-10-26-14/h1-10H,11-12H2,(H,22,24). The van der Waals surface area contributed by atoms with Gasteiger partial charge in [0.1, 0.15) is 11.5 Å². The van der Waals surface area contributed by atoms with E-state index in [1.807, 2.05) is 0 Å². The molecule has 0 aliphatic carbocycles. The smallest absolute Gasteiger partial charge is 0.467 e. The molecule has 1 aromatic carbocycles. The molecule has 2 amide bonds. The maximum atomic E-state index is 12.7. The lowest BCUT2D eigenvalue weighted by Gasteiger charge is -2.22. The van der Waals surface area contributed by atoms with Gasteiger partial charge in [0.2, 0.25) is 0 Å². The highest BCUT2D eigenvalue weighted by atomic mass is 19.4. The van der Waals surface area contributed by atoms with Crippen LogP contribution in [0.2, 0.25) is 0 Å². The molecule has 0 spiro atoms. The number of para-hydroxylation sites is 2. The van der Waals surface area contributed by atoms with Gasteiger partial charge in [-0.3, -0.25) is 0 Å². The van der Waals surface area contributed by atoms with E-state index in [4.69, 9.17) is 8.83 Å². The van der Waals surface area contributed by atoms with E-state index in [9.17, 15) is 18.0 Å². The zero-order valence-corrected chi connectivity index (χ0v) is 13.9. The highest BCUT2D eigenvalue weighted by molar-refractivity contribution is 5.90. The van der Waals surface area contributed by atoms with E-state index in [0.717, 1.165) is 6.07 Å². The van der Waals surface area contributed by atoms with Gasteiger partial charge in [0.25, 0.3) is 0 Å². The molecule has 3 aromatic rings. The number of anilines is 1. The molecular formula is C18H15F3N2O4. The molecule has 0 aliphatic heterocycles. The van der Waals surface area contributed by atoms with Crippen molar-refractivity contribution in [3.63, 3.8) is 0 Å². The first kappa shape index (κ1) is 18.4. The normalized spacial score (nSPS) is 11.2. The summed E-state index contributed by atoms with van der Waals surface area (Å²) in [6.45, 7) is 0.198. The lowest BCUT2D eigenvalue weighted by Crippen LogP contribution is -2.34. The van der Waals surface area contributed by atoms with Crippen LogP contribution in [0.3, 0.4) is 0 Å². The second-order valence-corrected chi connectivity index (χ2v) is 5.49. The second-order valence-electron chi connectivity index (χ2n) is 5.49. The SMILES string of the molecule is O=C(Nc1ccccc1OC(F)(F)F)N(Cc1ccco1)Cc1ccco1. The first-order chi connectivity index (χ1) is 12.9. The van der Waals surface area contributed by atoms with E-state index >= 15 is 0 Å². The minimum atomic E-state index is -4.87. The van der Waals surface area contributed by atoms with Gasteiger partial charge in [-0.15, -0.1) is 13.2 Å². The Hall–Kier alpha value is -3.36. The maximum Gasteiger partial charge on any atom is 0.573 e. The van der Waals surface area contributed by atoms with Gasteiger partial charge >= 0.3 is 12.4 Å². The molecule has 2 aromatic heterocycles. The van der Waals surface area contributed by atoms with Crippen molar-refractivity contribution >= 4 is 11.7 Å². The van der Waals surface area contributed by atoms with Crippen LogP contribution in [-0.4, -0.2) is 17.3 Å². The van der Waals surface area contributed by atoms with Gasteiger partial charge in [-0.2, -0.15) is 0 Å². The molecule has 0 atom stereocenters. The fraction of sp³-hybridized carbons (Fsp3) is 0.167. The summed E-state index contributed by atoms with van der Waals surface area (Å²) in [7, 11) is 0. The molecule has 0 saturated carbocycles. The number of carbonyl (C=O) groups is 1. The first-order valence-electron chi connectivity index (χ1n) is 7.86. The number of benzene rings is 1. The quantitative estimate of drug-likeness (QED) is 0.653. The van der Waals surface area contributed by atoms with E-state index in [2.05, 4.69) is 10.1 Å². The molecule has 3 rings (SSSR count). The number of nitrogens with zero attached hydrogens (tertiary/aromatic N) is 1. The molecule has 142 valence electrons. The Kier molecular flexibility index (Phi) is 5.39. The van der Waals surface area contributed by atoms with E-state index in [1.54, 1.807) is 24.3 Å². The molecule has 0 unspecified atom stereocenters. The maximum absolute atomic E-state index is 12.7. The Labute approximate surface area is 152 Å². The Bertz CT molecular complexity index is 825. The lowest BCUT2D eigenvalue weighted by molar-refractivity contribution is -0.274. The number of rotatable bonds is 6. The van der Waals surface area contributed by atoms with Crippen molar-refractivity contribution in [2.75, 3.05) is 5.32 Å². The summed E-state index contributed by atoms with van der Waals surface area (Å²) in [5.41, 5.74) is -0.108. The number of furan rings is 2. The van der Waals surface area contributed by atoms with Crippen molar-refractivity contribution < 1.29 is 31.5 Å². The molecule has 0 aliphatic rings. The molecule has 6 nitrogen and oxygen atoms in total. The summed E-state index contributed by atoms with van der Waals surface area (Å²) in [5.74, 6) is 0.516. The number of halogens is 3. The van der Waals surface area contributed by atoms with Crippen molar-refractivity contribution in [2.45, 2.75) is 19.5 Å². The predicted octanol–water partition coefficient (Wildman–Crippen LogP) is 5.01. The largest absolute Gasteiger partial charge is 0.573 e. The lowest BCUT2D eigenvalue weighted by atomic mass is 10.3. The van der Waals surface area contributed by atoms with Crippen molar-refractivity contribution in [3.05, 3.63) is 72.6 Å². The van der Waals surface area contributed by atoms with Crippen LogP contribution in [0.5, 0.6) is 5.75 Å². The molecule has 0 fully saturated rings. The van der Waals surface area contributed by atoms with E-state index in [1.165, 1.54) is 35.6 Å². The molecule has 9 heteroatoms. The molecular weight excluding hydrogens is 365 g/mol. The van der Waals surface area contributed by atoms with Gasteiger partial charge in [-0.1, -0.05) is 12.1 Å². The van der Waals surface area contributed by atoms with E-state index < -0.39 is 18.1 Å². The molecule has 2 heterocycles. The zero-order chi connectivity index (χ0) is 19.3. The van der Waals surface area contributed by atoms with Gasteiger partial charge < -0.3 is 23.8 Å². The third-order valence-electron chi connectivity index (χ3n) is 3.50. The Morgan fingerprint density at radius 1 is 0.963 bits per heavy atom. The summed E-state index contributed by atoms with van der Waals surface area (Å²) >= 11 is 0. The van der Waals surface area contributed by atoms with Gasteiger partial charge in [-0.25, -0.2) is 4.79 Å². The first-order valence-corrected chi connectivity index (χ1v) is 7.86. The minimum Gasteiger partial charge on any atom is -0.467 e. The minimum absolute atomic E-state index is 0.0990. The second kappa shape index (κ2) is 7.90. The predicted molar refractivity (Wildman–Crippen MR) is 88.8 cm³/mol. The summed E-state index contributed by atoms with van der Waals surface area (Å²) in [4.78, 5) is 14.0. The van der Waals surface area contributed by atoms with Crippen molar-refractivity contribution in [2.24, 2.45) is 0 Å². The van der Waals surface area contributed by atoms with Crippen LogP contribution in [0.1, 0.15) is 11.5 Å². The highest BCUT2D eigenvalue weighted by Crippen LogP contribution is 2.30. The van der Waals surface area contributed by atoms with Crippen LogP contribution < -0.4 is 10.1 Å². The third kappa shape index (κ3) is 5.30. The van der Waals surface area contributed by atoms with Crippen LogP contribution in [0.15, 0.2) is 69.9 Å². The summed E-state index contributed by atoms with van der Waals surface area (Å²) < 4.78 is 52.1. The van der Waals surface area contributed by atoms with Crippen LogP contribution >= 0.6 is 0 Å². The Morgan fingerprint density at radius 3 is 2.07 bits per heavy atom. The molecule has 0 radical (unpaired) electrons. The number of carbonyl (C=O) groups excluding carboxylic acids is 1. The Balaban J connectivity index is 1.78. The van der Waals surface area contributed by atoms with Crippen LogP contribution in [-0.2, 0) is 13.1 Å². The molecule has 0 bridgehead atoms. The zero-order valence-electron chi connectivity index (χ0n) is 13.9. The van der Waals surface area contributed by atoms with E-state index in [-0.39, 0.29) is 18.8 Å². The van der Waals surface area contributed by atoms with Crippen molar-refractivity contribution in [3.8, 4) is 5.75 Å². The highest BCUT2D eigenvalue weighted by Gasteiger charge is 2.32. The fourth-order valence-corrected chi connectivity index (χ4v) is 2.36. The fourth-order valence-electron chi connectivity index (χ4n) is 2.36. The number of hydrogen-bond donors (Lipinski definition) is 1. The van der Waals surface area contributed by atoms with Crippen molar-refractivity contribution in [1.82, 2.24) is 4.90 Å². The van der Waals surface area contributed by atoms with Gasteiger partial charge in [0.15, 0.2) is 5.75 Å². The molecule has 0 saturated heterocycles. The van der Waals surface area contributed by atoms with Crippen molar-refractivity contribution in [1.29, 1.82) is 0 Å². The van der Waals surface area contributed by atoms with Crippen LogP contribution in [0.25, 0.3) is 0 Å². The topological polar surface area (TPSA) is 67.8 Å². The summed E-state index contributed by atoms with van der Waals surface area (Å²) in [6.07, 6.45) is -1.95. The van der Waals surface area contributed by atoms with Gasteiger partial charge in [0, 0.05) is 0 Å². The number of alkyl halides is 3. The third-order valence-corrected chi connectivity index (χ3v) is 3.50. The van der Waals surface area contributed by atoms with Gasteiger partial charge in [0.05, 0.1) is 31.3 Å². The van der Waals surface area contributed by atoms with Crippen LogP contribution in [0, 0.1) is 0 Å². The Morgan fingerprint density at radius 2 is 1.56 bits per heavy atom. The summed E-state index contributed by atoms with van der Waals surface area (Å²) in [6, 6.07) is 11.4. The number of ether oxygens (including phenoxy) is 1. The number of amides is 2. The molecule has 1 N–H and O–H groups in total. The monoisotopic (exact) mass is 380 g/mol.